The summed E-state index contributed by atoms with van der Waals surface area (Å²) in [7, 11) is 0. The standard InChI is InChI=1S/C18H21F2N3O.ClH/c19-14-5-3-6-15(20)17(14)23-16-7-2-1-4-13(16)18(22-23)24-12-8-10-21-11-9-12;/h3,5-6,12,21H,1-2,4,7-11H2;1H. The second kappa shape index (κ2) is 7.70. The Morgan fingerprint density at radius 1 is 1.08 bits per heavy atom. The van der Waals surface area contributed by atoms with E-state index in [1.807, 2.05) is 0 Å². The quantitative estimate of drug-likeness (QED) is 0.898. The van der Waals surface area contributed by atoms with Gasteiger partial charge in [-0.3, -0.25) is 0 Å². The molecule has 1 saturated heterocycles. The van der Waals surface area contributed by atoms with E-state index >= 15 is 0 Å². The molecule has 0 amide bonds. The number of halogens is 3. The predicted octanol–water partition coefficient (Wildman–Crippen LogP) is 3.58. The third-order valence-corrected chi connectivity index (χ3v) is 4.86. The molecule has 1 aliphatic carbocycles. The van der Waals surface area contributed by atoms with Crippen LogP contribution in [0.25, 0.3) is 5.69 Å². The Morgan fingerprint density at radius 3 is 2.48 bits per heavy atom. The molecule has 7 heteroatoms. The summed E-state index contributed by atoms with van der Waals surface area (Å²) in [6.45, 7) is 1.85. The summed E-state index contributed by atoms with van der Waals surface area (Å²) in [6, 6.07) is 3.90. The van der Waals surface area contributed by atoms with E-state index in [4.69, 9.17) is 4.74 Å². The molecule has 136 valence electrons. The van der Waals surface area contributed by atoms with Gasteiger partial charge in [0.05, 0.1) is 5.69 Å². The molecule has 0 radical (unpaired) electrons. The number of fused-ring (bicyclic) bond motifs is 1. The van der Waals surface area contributed by atoms with Gasteiger partial charge in [0.2, 0.25) is 5.88 Å². The van der Waals surface area contributed by atoms with Crippen LogP contribution in [0.15, 0.2) is 18.2 Å². The lowest BCUT2D eigenvalue weighted by Gasteiger charge is -2.23. The Hall–Kier alpha value is -1.66. The number of ether oxygens (including phenoxy) is 1. The molecule has 1 aromatic heterocycles. The van der Waals surface area contributed by atoms with Crippen LogP contribution in [0.2, 0.25) is 0 Å². The maximum Gasteiger partial charge on any atom is 0.237 e. The summed E-state index contributed by atoms with van der Waals surface area (Å²) in [4.78, 5) is 0. The monoisotopic (exact) mass is 369 g/mol. The molecule has 1 aliphatic heterocycles. The van der Waals surface area contributed by atoms with Gasteiger partial charge in [0.1, 0.15) is 11.8 Å². The Labute approximate surface area is 152 Å². The molecule has 25 heavy (non-hydrogen) atoms. The fourth-order valence-corrected chi connectivity index (χ4v) is 3.61. The van der Waals surface area contributed by atoms with Gasteiger partial charge in [0.15, 0.2) is 11.6 Å². The van der Waals surface area contributed by atoms with E-state index in [0.29, 0.717) is 5.88 Å². The van der Waals surface area contributed by atoms with Gasteiger partial charge in [-0.1, -0.05) is 6.07 Å². The van der Waals surface area contributed by atoms with Crippen molar-refractivity contribution in [2.24, 2.45) is 0 Å². The summed E-state index contributed by atoms with van der Waals surface area (Å²) < 4.78 is 36.0. The Bertz CT molecular complexity index is 724. The van der Waals surface area contributed by atoms with Crippen molar-refractivity contribution < 1.29 is 13.5 Å². The van der Waals surface area contributed by atoms with E-state index in [2.05, 4.69) is 10.4 Å². The van der Waals surface area contributed by atoms with Crippen molar-refractivity contribution in [3.05, 3.63) is 41.1 Å². The maximum atomic E-state index is 14.2. The van der Waals surface area contributed by atoms with Crippen LogP contribution < -0.4 is 10.1 Å². The van der Waals surface area contributed by atoms with Gasteiger partial charge in [-0.25, -0.2) is 13.5 Å². The van der Waals surface area contributed by atoms with Crippen LogP contribution in [0.1, 0.15) is 36.9 Å². The van der Waals surface area contributed by atoms with Crippen LogP contribution in [0, 0.1) is 11.6 Å². The number of aromatic nitrogens is 2. The highest BCUT2D eigenvalue weighted by molar-refractivity contribution is 5.85. The molecule has 2 heterocycles. The van der Waals surface area contributed by atoms with Gasteiger partial charge in [-0.2, -0.15) is 0 Å². The Kier molecular flexibility index (Phi) is 5.59. The average molecular weight is 370 g/mol. The fourth-order valence-electron chi connectivity index (χ4n) is 3.61. The molecule has 4 nitrogen and oxygen atoms in total. The van der Waals surface area contributed by atoms with Crippen LogP contribution >= 0.6 is 12.4 Å². The molecule has 2 aliphatic rings. The number of para-hydroxylation sites is 1. The SMILES string of the molecule is Cl.Fc1cccc(F)c1-n1nc(OC2CCNCC2)c2c1CCCC2. The Balaban J connectivity index is 0.00000182. The predicted molar refractivity (Wildman–Crippen MR) is 93.9 cm³/mol. The minimum atomic E-state index is -0.598. The molecule has 1 fully saturated rings. The molecule has 0 atom stereocenters. The van der Waals surface area contributed by atoms with Gasteiger partial charge >= 0.3 is 0 Å². The molecule has 0 bridgehead atoms. The van der Waals surface area contributed by atoms with Gasteiger partial charge in [-0.05, 0) is 63.7 Å². The van der Waals surface area contributed by atoms with Crippen LogP contribution in [0.4, 0.5) is 8.78 Å². The number of benzene rings is 1. The first-order valence-electron chi connectivity index (χ1n) is 8.66. The van der Waals surface area contributed by atoms with Crippen LogP contribution in [-0.4, -0.2) is 29.0 Å². The fraction of sp³-hybridized carbons (Fsp3) is 0.500. The van der Waals surface area contributed by atoms with Crippen LogP contribution in [-0.2, 0) is 12.8 Å². The largest absolute Gasteiger partial charge is 0.473 e. The third-order valence-electron chi connectivity index (χ3n) is 4.86. The maximum absolute atomic E-state index is 14.2. The highest BCUT2D eigenvalue weighted by Crippen LogP contribution is 2.33. The normalized spacial score (nSPS) is 17.7. The summed E-state index contributed by atoms with van der Waals surface area (Å²) in [5.74, 6) is -0.641. The zero-order valence-corrected chi connectivity index (χ0v) is 14.7. The molecule has 1 aromatic carbocycles. The molecule has 4 rings (SSSR count). The lowest BCUT2D eigenvalue weighted by atomic mass is 9.97. The van der Waals surface area contributed by atoms with Crippen molar-refractivity contribution in [2.45, 2.75) is 44.6 Å². The van der Waals surface area contributed by atoms with E-state index in [-0.39, 0.29) is 24.2 Å². The summed E-state index contributed by atoms with van der Waals surface area (Å²) in [5, 5.41) is 7.78. The number of hydrogen-bond donors (Lipinski definition) is 1. The summed E-state index contributed by atoms with van der Waals surface area (Å²) in [5.41, 5.74) is 1.80. The number of nitrogens with one attached hydrogen (secondary N) is 1. The molecule has 1 N–H and O–H groups in total. The number of piperidine rings is 1. The molecule has 0 unspecified atom stereocenters. The number of nitrogens with zero attached hydrogens (tertiary/aromatic N) is 2. The molecule has 0 spiro atoms. The smallest absolute Gasteiger partial charge is 0.237 e. The van der Waals surface area contributed by atoms with Crippen molar-refractivity contribution in [3.8, 4) is 11.6 Å². The topological polar surface area (TPSA) is 39.1 Å². The minimum Gasteiger partial charge on any atom is -0.473 e. The van der Waals surface area contributed by atoms with Crippen molar-refractivity contribution in [3.63, 3.8) is 0 Å². The minimum absolute atomic E-state index is 0. The number of hydrogen-bond acceptors (Lipinski definition) is 3. The number of rotatable bonds is 3. The lowest BCUT2D eigenvalue weighted by Crippen LogP contribution is -2.34. The first kappa shape index (κ1) is 18.1. The van der Waals surface area contributed by atoms with Crippen molar-refractivity contribution in [1.82, 2.24) is 15.1 Å². The zero-order chi connectivity index (χ0) is 16.5. The van der Waals surface area contributed by atoms with Crippen molar-refractivity contribution in [1.29, 1.82) is 0 Å². The second-order valence-electron chi connectivity index (χ2n) is 6.49. The van der Waals surface area contributed by atoms with Gasteiger partial charge < -0.3 is 10.1 Å². The Morgan fingerprint density at radius 2 is 1.76 bits per heavy atom. The highest BCUT2D eigenvalue weighted by atomic mass is 35.5. The van der Waals surface area contributed by atoms with E-state index in [1.165, 1.54) is 22.9 Å². The van der Waals surface area contributed by atoms with E-state index in [0.717, 1.165) is 62.9 Å². The average Bonchev–Trinajstić information content (AvgIpc) is 2.94. The first-order chi connectivity index (χ1) is 11.7. The lowest BCUT2D eigenvalue weighted by molar-refractivity contribution is 0.153. The third kappa shape index (κ3) is 3.51. The zero-order valence-electron chi connectivity index (χ0n) is 13.9. The summed E-state index contributed by atoms with van der Waals surface area (Å²) in [6.07, 6.45) is 5.65. The van der Waals surface area contributed by atoms with Gasteiger partial charge in [0, 0.05) is 5.56 Å². The molecule has 2 aromatic rings. The van der Waals surface area contributed by atoms with Crippen molar-refractivity contribution >= 4 is 12.4 Å². The second-order valence-corrected chi connectivity index (χ2v) is 6.49. The van der Waals surface area contributed by atoms with Crippen molar-refractivity contribution in [2.75, 3.05) is 13.1 Å². The van der Waals surface area contributed by atoms with Crippen LogP contribution in [0.5, 0.6) is 5.88 Å². The van der Waals surface area contributed by atoms with E-state index in [1.54, 1.807) is 0 Å². The molecular formula is C18H22ClF2N3O. The van der Waals surface area contributed by atoms with Crippen LogP contribution in [0.3, 0.4) is 0 Å². The molecular weight excluding hydrogens is 348 g/mol. The first-order valence-corrected chi connectivity index (χ1v) is 8.66. The highest BCUT2D eigenvalue weighted by Gasteiger charge is 2.27. The van der Waals surface area contributed by atoms with Gasteiger partial charge in [0.25, 0.3) is 0 Å². The molecule has 0 saturated carbocycles. The van der Waals surface area contributed by atoms with E-state index < -0.39 is 11.6 Å². The van der Waals surface area contributed by atoms with Gasteiger partial charge in [-0.15, -0.1) is 17.5 Å². The summed E-state index contributed by atoms with van der Waals surface area (Å²) >= 11 is 0. The van der Waals surface area contributed by atoms with E-state index in [9.17, 15) is 8.78 Å².